The normalized spacial score (nSPS) is 20.6. The van der Waals surface area contributed by atoms with Crippen molar-refractivity contribution in [2.24, 2.45) is 5.92 Å². The van der Waals surface area contributed by atoms with Crippen LogP contribution in [0.4, 0.5) is 5.82 Å². The topological polar surface area (TPSA) is 62.3 Å². The first-order valence-corrected chi connectivity index (χ1v) is 8.16. The Hall–Kier alpha value is -1.14. The number of nitrogens with zero attached hydrogens (tertiary/aromatic N) is 2. The summed E-state index contributed by atoms with van der Waals surface area (Å²) in [6.07, 6.45) is 4.75. The van der Waals surface area contributed by atoms with Crippen LogP contribution < -0.4 is 5.32 Å². The van der Waals surface area contributed by atoms with Gasteiger partial charge < -0.3 is 5.32 Å². The summed E-state index contributed by atoms with van der Waals surface area (Å²) in [5.41, 5.74) is 0. The molecule has 1 aliphatic rings. The van der Waals surface area contributed by atoms with Crippen LogP contribution in [-0.4, -0.2) is 37.8 Å². The van der Waals surface area contributed by atoms with Crippen LogP contribution in [0.5, 0.6) is 0 Å². The zero-order valence-corrected chi connectivity index (χ0v) is 12.3. The molecule has 0 aliphatic carbocycles. The van der Waals surface area contributed by atoms with Crippen LogP contribution in [0.15, 0.2) is 23.2 Å². The molecule has 0 bridgehead atoms. The van der Waals surface area contributed by atoms with E-state index in [1.807, 2.05) is 0 Å². The van der Waals surface area contributed by atoms with Crippen molar-refractivity contribution in [3.8, 4) is 0 Å². The fourth-order valence-corrected chi connectivity index (χ4v) is 4.27. The average Bonchev–Trinajstić information content (AvgIpc) is 2.88. The van der Waals surface area contributed by atoms with Gasteiger partial charge in [-0.1, -0.05) is 13.3 Å². The quantitative estimate of drug-likeness (QED) is 0.897. The number of anilines is 1. The van der Waals surface area contributed by atoms with Crippen molar-refractivity contribution < 1.29 is 8.42 Å². The second kappa shape index (κ2) is 5.88. The van der Waals surface area contributed by atoms with E-state index in [0.29, 0.717) is 24.8 Å². The van der Waals surface area contributed by atoms with Gasteiger partial charge >= 0.3 is 0 Å². The molecule has 1 aromatic heterocycles. The van der Waals surface area contributed by atoms with Crippen LogP contribution in [0.2, 0.25) is 0 Å². The van der Waals surface area contributed by atoms with Gasteiger partial charge in [0.1, 0.15) is 10.7 Å². The minimum Gasteiger partial charge on any atom is -0.372 e. The third-order valence-corrected chi connectivity index (χ3v) is 5.47. The SMILES string of the molecule is CCCC1CCN(S(=O)(=O)c2cccnc2NC)C1. The van der Waals surface area contributed by atoms with Crippen LogP contribution in [0.3, 0.4) is 0 Å². The lowest BCUT2D eigenvalue weighted by Gasteiger charge is -2.18. The van der Waals surface area contributed by atoms with Gasteiger partial charge in [0.2, 0.25) is 10.0 Å². The third-order valence-electron chi connectivity index (χ3n) is 3.57. The maximum absolute atomic E-state index is 12.6. The summed E-state index contributed by atoms with van der Waals surface area (Å²) >= 11 is 0. The second-order valence-electron chi connectivity index (χ2n) is 4.91. The number of rotatable bonds is 5. The zero-order valence-electron chi connectivity index (χ0n) is 11.5. The van der Waals surface area contributed by atoms with E-state index in [2.05, 4.69) is 17.2 Å². The molecular weight excluding hydrogens is 262 g/mol. The van der Waals surface area contributed by atoms with Gasteiger partial charge in [0.15, 0.2) is 0 Å². The Balaban J connectivity index is 2.24. The molecule has 0 spiro atoms. The molecule has 6 heteroatoms. The lowest BCUT2D eigenvalue weighted by atomic mass is 10.0. The highest BCUT2D eigenvalue weighted by atomic mass is 32.2. The van der Waals surface area contributed by atoms with E-state index < -0.39 is 10.0 Å². The molecule has 19 heavy (non-hydrogen) atoms. The summed E-state index contributed by atoms with van der Waals surface area (Å²) < 4.78 is 26.8. The Morgan fingerprint density at radius 3 is 3.00 bits per heavy atom. The number of hydrogen-bond acceptors (Lipinski definition) is 4. The van der Waals surface area contributed by atoms with E-state index in [4.69, 9.17) is 0 Å². The Kier molecular flexibility index (Phi) is 4.42. The maximum atomic E-state index is 12.6. The van der Waals surface area contributed by atoms with Crippen LogP contribution in [0, 0.1) is 5.92 Å². The molecule has 0 saturated carbocycles. The van der Waals surface area contributed by atoms with Gasteiger partial charge in [0, 0.05) is 26.3 Å². The van der Waals surface area contributed by atoms with Crippen LogP contribution in [0.25, 0.3) is 0 Å². The summed E-state index contributed by atoms with van der Waals surface area (Å²) in [4.78, 5) is 4.35. The smallest absolute Gasteiger partial charge is 0.246 e. The second-order valence-corrected chi connectivity index (χ2v) is 6.81. The van der Waals surface area contributed by atoms with Gasteiger partial charge in [-0.25, -0.2) is 13.4 Å². The monoisotopic (exact) mass is 283 g/mol. The molecule has 0 aromatic carbocycles. The van der Waals surface area contributed by atoms with Gasteiger partial charge in [-0.05, 0) is 30.9 Å². The molecule has 2 rings (SSSR count). The van der Waals surface area contributed by atoms with Gasteiger partial charge in [0.25, 0.3) is 0 Å². The minimum absolute atomic E-state index is 0.273. The van der Waals surface area contributed by atoms with Crippen LogP contribution >= 0.6 is 0 Å². The lowest BCUT2D eigenvalue weighted by Crippen LogP contribution is -2.29. The summed E-state index contributed by atoms with van der Waals surface area (Å²) in [5.74, 6) is 0.913. The average molecular weight is 283 g/mol. The molecule has 1 aromatic rings. The Labute approximate surface area is 115 Å². The van der Waals surface area contributed by atoms with E-state index in [9.17, 15) is 8.42 Å². The molecule has 1 aliphatic heterocycles. The largest absolute Gasteiger partial charge is 0.372 e. The first kappa shape index (κ1) is 14.3. The summed E-state index contributed by atoms with van der Waals surface area (Å²) in [6, 6.07) is 3.27. The number of nitrogens with one attached hydrogen (secondary N) is 1. The third kappa shape index (κ3) is 2.90. The summed E-state index contributed by atoms with van der Waals surface area (Å²) in [6.45, 7) is 3.39. The van der Waals surface area contributed by atoms with Crippen molar-refractivity contribution in [2.75, 3.05) is 25.5 Å². The van der Waals surface area contributed by atoms with Gasteiger partial charge in [-0.15, -0.1) is 0 Å². The molecule has 1 atom stereocenters. The highest BCUT2D eigenvalue weighted by molar-refractivity contribution is 7.89. The first-order chi connectivity index (χ1) is 9.09. The number of sulfonamides is 1. The van der Waals surface area contributed by atoms with Crippen LogP contribution in [-0.2, 0) is 10.0 Å². The van der Waals surface area contributed by atoms with Crippen molar-refractivity contribution in [1.29, 1.82) is 0 Å². The molecule has 1 saturated heterocycles. The van der Waals surface area contributed by atoms with E-state index in [-0.39, 0.29) is 4.90 Å². The van der Waals surface area contributed by atoms with Crippen molar-refractivity contribution >= 4 is 15.8 Å². The molecule has 1 N–H and O–H groups in total. The van der Waals surface area contributed by atoms with E-state index in [1.165, 1.54) is 0 Å². The molecule has 0 amide bonds. The maximum Gasteiger partial charge on any atom is 0.246 e. The predicted octanol–water partition coefficient (Wildman–Crippen LogP) is 1.93. The van der Waals surface area contributed by atoms with Crippen molar-refractivity contribution in [3.63, 3.8) is 0 Å². The number of hydrogen-bond donors (Lipinski definition) is 1. The fourth-order valence-electron chi connectivity index (χ4n) is 2.58. The lowest BCUT2D eigenvalue weighted by molar-refractivity contribution is 0.444. The summed E-state index contributed by atoms with van der Waals surface area (Å²) in [5, 5.41) is 2.84. The molecule has 0 radical (unpaired) electrons. The van der Waals surface area contributed by atoms with E-state index in [0.717, 1.165) is 19.3 Å². The minimum atomic E-state index is -3.42. The molecule has 106 valence electrons. The highest BCUT2D eigenvalue weighted by Gasteiger charge is 2.33. The standard InChI is InChI=1S/C13H21N3O2S/c1-3-5-11-7-9-16(10-11)19(17,18)12-6-4-8-15-13(12)14-2/h4,6,8,11H,3,5,7,9-10H2,1-2H3,(H,14,15). The van der Waals surface area contributed by atoms with E-state index >= 15 is 0 Å². The van der Waals surface area contributed by atoms with Crippen molar-refractivity contribution in [3.05, 3.63) is 18.3 Å². The predicted molar refractivity (Wildman–Crippen MR) is 75.6 cm³/mol. The van der Waals surface area contributed by atoms with E-state index in [1.54, 1.807) is 29.7 Å². The molecule has 1 unspecified atom stereocenters. The number of aromatic nitrogens is 1. The molecule has 5 nitrogen and oxygen atoms in total. The molecule has 2 heterocycles. The molecule has 1 fully saturated rings. The fraction of sp³-hybridized carbons (Fsp3) is 0.615. The van der Waals surface area contributed by atoms with Gasteiger partial charge in [0.05, 0.1) is 0 Å². The molecular formula is C13H21N3O2S. The zero-order chi connectivity index (χ0) is 13.9. The summed E-state index contributed by atoms with van der Waals surface area (Å²) in [7, 11) is -1.74. The van der Waals surface area contributed by atoms with Gasteiger partial charge in [-0.3, -0.25) is 0 Å². The Bertz CT molecular complexity index is 530. The number of pyridine rings is 1. The highest BCUT2D eigenvalue weighted by Crippen LogP contribution is 2.29. The Morgan fingerprint density at radius 2 is 2.32 bits per heavy atom. The van der Waals surface area contributed by atoms with Crippen molar-refractivity contribution in [2.45, 2.75) is 31.1 Å². The Morgan fingerprint density at radius 1 is 1.53 bits per heavy atom. The van der Waals surface area contributed by atoms with Gasteiger partial charge in [-0.2, -0.15) is 4.31 Å². The van der Waals surface area contributed by atoms with Crippen LogP contribution in [0.1, 0.15) is 26.2 Å². The van der Waals surface area contributed by atoms with Crippen molar-refractivity contribution in [1.82, 2.24) is 9.29 Å². The first-order valence-electron chi connectivity index (χ1n) is 6.72.